The van der Waals surface area contributed by atoms with Crippen LogP contribution in [0.4, 0.5) is 13.2 Å². The number of likely N-dealkylation sites (N-methyl/N-ethyl adjacent to an activating group) is 1. The third-order valence-electron chi connectivity index (χ3n) is 2.91. The first-order valence-electron chi connectivity index (χ1n) is 6.14. The second-order valence-electron chi connectivity index (χ2n) is 4.37. The van der Waals surface area contributed by atoms with E-state index in [1.807, 2.05) is 18.5 Å². The summed E-state index contributed by atoms with van der Waals surface area (Å²) in [7, 11) is 1.82. The molecule has 0 aliphatic rings. The average molecular weight is 336 g/mol. The molecule has 0 amide bonds. The zero-order chi connectivity index (χ0) is 15.5. The van der Waals surface area contributed by atoms with Gasteiger partial charge in [0, 0.05) is 10.9 Å². The van der Waals surface area contributed by atoms with Crippen molar-refractivity contribution in [1.82, 2.24) is 5.32 Å². The van der Waals surface area contributed by atoms with Gasteiger partial charge >= 0.3 is 6.36 Å². The van der Waals surface area contributed by atoms with E-state index < -0.39 is 6.36 Å². The Kier molecular flexibility index (Phi) is 5.13. The number of hydrogen-bond acceptors (Lipinski definition) is 3. The number of nitrogens with one attached hydrogen (secondary N) is 1. The zero-order valence-electron chi connectivity index (χ0n) is 11.1. The van der Waals surface area contributed by atoms with E-state index >= 15 is 0 Å². The van der Waals surface area contributed by atoms with Crippen LogP contribution in [-0.4, -0.2) is 13.4 Å². The van der Waals surface area contributed by atoms with E-state index in [4.69, 9.17) is 11.6 Å². The molecule has 1 atom stereocenters. The van der Waals surface area contributed by atoms with Crippen LogP contribution in [0.5, 0.6) is 5.75 Å². The maximum Gasteiger partial charge on any atom is 0.573 e. The summed E-state index contributed by atoms with van der Waals surface area (Å²) in [5.74, 6) is -0.221. The van der Waals surface area contributed by atoms with Crippen molar-refractivity contribution in [3.8, 4) is 5.75 Å². The lowest BCUT2D eigenvalue weighted by molar-refractivity contribution is -0.274. The molecule has 2 aromatic rings. The topological polar surface area (TPSA) is 21.3 Å². The molecule has 0 aliphatic carbocycles. The van der Waals surface area contributed by atoms with Crippen molar-refractivity contribution in [2.24, 2.45) is 0 Å². The predicted molar refractivity (Wildman–Crippen MR) is 78.0 cm³/mol. The van der Waals surface area contributed by atoms with Crippen LogP contribution >= 0.6 is 22.9 Å². The average Bonchev–Trinajstić information content (AvgIpc) is 2.82. The van der Waals surface area contributed by atoms with E-state index in [9.17, 15) is 13.2 Å². The van der Waals surface area contributed by atoms with Crippen molar-refractivity contribution in [3.63, 3.8) is 0 Å². The van der Waals surface area contributed by atoms with Crippen LogP contribution in [0.2, 0.25) is 5.02 Å². The van der Waals surface area contributed by atoms with Crippen LogP contribution in [0.1, 0.15) is 16.5 Å². The molecular formula is C14H13ClF3NOS. The minimum Gasteiger partial charge on any atom is -0.406 e. The van der Waals surface area contributed by atoms with Crippen molar-refractivity contribution in [1.29, 1.82) is 0 Å². The molecule has 1 unspecified atom stereocenters. The van der Waals surface area contributed by atoms with E-state index in [0.717, 1.165) is 10.4 Å². The Morgan fingerprint density at radius 3 is 2.38 bits per heavy atom. The second-order valence-corrected chi connectivity index (χ2v) is 5.72. The molecule has 0 radical (unpaired) electrons. The standard InChI is InChI=1S/C14H13ClF3NOS/c1-19-12(13-11(15)6-7-21-13)8-9-2-4-10(5-3-9)20-14(16,17)18/h2-7,12,19H,8H2,1H3. The fourth-order valence-electron chi connectivity index (χ4n) is 1.94. The molecule has 0 fully saturated rings. The molecule has 0 aliphatic heterocycles. The lowest BCUT2D eigenvalue weighted by atomic mass is 10.0. The first-order valence-corrected chi connectivity index (χ1v) is 7.39. The van der Waals surface area contributed by atoms with Gasteiger partial charge in [0.2, 0.25) is 0 Å². The summed E-state index contributed by atoms with van der Waals surface area (Å²) in [4.78, 5) is 1.01. The summed E-state index contributed by atoms with van der Waals surface area (Å²) in [6.07, 6.45) is -4.04. The number of ether oxygens (including phenoxy) is 1. The highest BCUT2D eigenvalue weighted by molar-refractivity contribution is 7.10. The minimum absolute atomic E-state index is 0.0203. The Hall–Kier alpha value is -1.24. The molecule has 1 N–H and O–H groups in total. The van der Waals surface area contributed by atoms with E-state index in [0.29, 0.717) is 11.4 Å². The van der Waals surface area contributed by atoms with Gasteiger partial charge in [-0.1, -0.05) is 23.7 Å². The molecule has 0 bridgehead atoms. The van der Waals surface area contributed by atoms with E-state index in [-0.39, 0.29) is 11.8 Å². The Bertz CT molecular complexity index is 583. The van der Waals surface area contributed by atoms with Gasteiger partial charge in [0.25, 0.3) is 0 Å². The molecule has 21 heavy (non-hydrogen) atoms. The van der Waals surface area contributed by atoms with Crippen molar-refractivity contribution < 1.29 is 17.9 Å². The predicted octanol–water partition coefficient (Wildman–Crippen LogP) is 4.80. The second kappa shape index (κ2) is 6.68. The van der Waals surface area contributed by atoms with Crippen LogP contribution in [0, 0.1) is 0 Å². The van der Waals surface area contributed by atoms with Gasteiger partial charge in [0.1, 0.15) is 5.75 Å². The van der Waals surface area contributed by atoms with Crippen molar-refractivity contribution in [2.45, 2.75) is 18.8 Å². The molecule has 2 rings (SSSR count). The Morgan fingerprint density at radius 1 is 1.24 bits per heavy atom. The van der Waals surface area contributed by atoms with Gasteiger partial charge in [-0.3, -0.25) is 0 Å². The molecule has 114 valence electrons. The summed E-state index contributed by atoms with van der Waals surface area (Å²) in [6, 6.07) is 7.70. The summed E-state index contributed by atoms with van der Waals surface area (Å²) in [5.41, 5.74) is 0.897. The lowest BCUT2D eigenvalue weighted by Crippen LogP contribution is -2.18. The molecule has 1 aromatic heterocycles. The summed E-state index contributed by atoms with van der Waals surface area (Å²) >= 11 is 7.65. The normalized spacial score (nSPS) is 13.2. The Morgan fingerprint density at radius 2 is 1.90 bits per heavy atom. The first kappa shape index (κ1) is 16.1. The quantitative estimate of drug-likeness (QED) is 0.847. The SMILES string of the molecule is CNC(Cc1ccc(OC(F)(F)F)cc1)c1sccc1Cl. The monoisotopic (exact) mass is 335 g/mol. The van der Waals surface area contributed by atoms with E-state index in [1.165, 1.54) is 12.1 Å². The summed E-state index contributed by atoms with van der Waals surface area (Å²) < 4.78 is 40.1. The highest BCUT2D eigenvalue weighted by Gasteiger charge is 2.31. The van der Waals surface area contributed by atoms with Gasteiger partial charge < -0.3 is 10.1 Å². The van der Waals surface area contributed by atoms with Crippen molar-refractivity contribution in [3.05, 3.63) is 51.2 Å². The zero-order valence-corrected chi connectivity index (χ0v) is 12.6. The van der Waals surface area contributed by atoms with E-state index in [2.05, 4.69) is 10.1 Å². The lowest BCUT2D eigenvalue weighted by Gasteiger charge is -2.16. The Balaban J connectivity index is 2.07. The molecule has 0 spiro atoms. The summed E-state index contributed by atoms with van der Waals surface area (Å²) in [6.45, 7) is 0. The van der Waals surface area contributed by atoms with Crippen LogP contribution in [0.25, 0.3) is 0 Å². The van der Waals surface area contributed by atoms with E-state index in [1.54, 1.807) is 23.5 Å². The molecule has 0 saturated heterocycles. The van der Waals surface area contributed by atoms with Gasteiger partial charge in [-0.05, 0) is 42.6 Å². The van der Waals surface area contributed by atoms with Gasteiger partial charge in [-0.15, -0.1) is 24.5 Å². The maximum atomic E-state index is 12.1. The van der Waals surface area contributed by atoms with Crippen LogP contribution in [-0.2, 0) is 6.42 Å². The van der Waals surface area contributed by atoms with Gasteiger partial charge in [-0.25, -0.2) is 0 Å². The van der Waals surface area contributed by atoms with Crippen LogP contribution in [0.15, 0.2) is 35.7 Å². The molecular weight excluding hydrogens is 323 g/mol. The third-order valence-corrected chi connectivity index (χ3v) is 4.38. The minimum atomic E-state index is -4.67. The highest BCUT2D eigenvalue weighted by atomic mass is 35.5. The van der Waals surface area contributed by atoms with Gasteiger partial charge in [0.05, 0.1) is 5.02 Å². The largest absolute Gasteiger partial charge is 0.573 e. The summed E-state index contributed by atoms with van der Waals surface area (Å²) in [5, 5.41) is 5.76. The van der Waals surface area contributed by atoms with Gasteiger partial charge in [-0.2, -0.15) is 0 Å². The number of thiophene rings is 1. The molecule has 0 saturated carbocycles. The first-order chi connectivity index (χ1) is 9.89. The molecule has 1 heterocycles. The van der Waals surface area contributed by atoms with Crippen LogP contribution in [0.3, 0.4) is 0 Å². The molecule has 1 aromatic carbocycles. The Labute approximate surface area is 129 Å². The van der Waals surface area contributed by atoms with Crippen LogP contribution < -0.4 is 10.1 Å². The number of benzene rings is 1. The molecule has 2 nitrogen and oxygen atoms in total. The smallest absolute Gasteiger partial charge is 0.406 e. The fourth-order valence-corrected chi connectivity index (χ4v) is 3.24. The number of halogens is 4. The van der Waals surface area contributed by atoms with Crippen molar-refractivity contribution >= 4 is 22.9 Å². The maximum absolute atomic E-state index is 12.1. The van der Waals surface area contributed by atoms with Crippen molar-refractivity contribution in [2.75, 3.05) is 7.05 Å². The number of rotatable bonds is 5. The number of hydrogen-bond donors (Lipinski definition) is 1. The third kappa shape index (κ3) is 4.62. The fraction of sp³-hybridized carbons (Fsp3) is 0.286. The highest BCUT2D eigenvalue weighted by Crippen LogP contribution is 2.31. The molecule has 7 heteroatoms. The van der Waals surface area contributed by atoms with Gasteiger partial charge in [0.15, 0.2) is 0 Å². The number of alkyl halides is 3.